The van der Waals surface area contributed by atoms with E-state index in [1.165, 1.54) is 7.11 Å². The highest BCUT2D eigenvalue weighted by atomic mass is 16.5. The van der Waals surface area contributed by atoms with E-state index < -0.39 is 12.0 Å². The number of methoxy groups -OCH3 is 1. The standard InChI is InChI=1S/C11H19NO5/c1-3-9(11(14)15)12-4-5-17-8(7-12)6-10(13)16-2/h8-9H,3-7H2,1-2H3,(H,14,15). The van der Waals surface area contributed by atoms with Crippen LogP contribution in [0.25, 0.3) is 0 Å². The van der Waals surface area contributed by atoms with Crippen molar-refractivity contribution in [1.82, 2.24) is 4.90 Å². The Labute approximate surface area is 100 Å². The summed E-state index contributed by atoms with van der Waals surface area (Å²) in [6.07, 6.45) is 0.438. The number of morpholine rings is 1. The number of carboxylic acid groups (broad SMARTS) is 1. The largest absolute Gasteiger partial charge is 0.480 e. The molecule has 2 unspecified atom stereocenters. The van der Waals surface area contributed by atoms with Crippen LogP contribution in [0.1, 0.15) is 19.8 Å². The highest BCUT2D eigenvalue weighted by molar-refractivity contribution is 5.73. The van der Waals surface area contributed by atoms with Crippen LogP contribution in [0, 0.1) is 0 Å². The van der Waals surface area contributed by atoms with Crippen LogP contribution in [0.5, 0.6) is 0 Å². The van der Waals surface area contributed by atoms with E-state index in [0.717, 1.165) is 0 Å². The van der Waals surface area contributed by atoms with Crippen molar-refractivity contribution in [2.45, 2.75) is 31.9 Å². The smallest absolute Gasteiger partial charge is 0.320 e. The molecule has 2 atom stereocenters. The summed E-state index contributed by atoms with van der Waals surface area (Å²) in [7, 11) is 1.33. The van der Waals surface area contributed by atoms with E-state index in [2.05, 4.69) is 4.74 Å². The zero-order chi connectivity index (χ0) is 12.8. The second kappa shape index (κ2) is 6.56. The van der Waals surface area contributed by atoms with Crippen LogP contribution < -0.4 is 0 Å². The number of aliphatic carboxylic acids is 1. The van der Waals surface area contributed by atoms with Crippen LogP contribution in [0.15, 0.2) is 0 Å². The van der Waals surface area contributed by atoms with E-state index in [1.807, 2.05) is 11.8 Å². The van der Waals surface area contributed by atoms with Crippen LogP contribution in [0.4, 0.5) is 0 Å². The first-order valence-corrected chi connectivity index (χ1v) is 5.73. The van der Waals surface area contributed by atoms with Gasteiger partial charge in [0, 0.05) is 13.1 Å². The lowest BCUT2D eigenvalue weighted by Crippen LogP contribution is -2.50. The van der Waals surface area contributed by atoms with Crippen molar-refractivity contribution in [2.75, 3.05) is 26.8 Å². The molecule has 1 fully saturated rings. The number of rotatable bonds is 5. The molecule has 1 N–H and O–H groups in total. The maximum absolute atomic E-state index is 11.1. The molecule has 1 aliphatic heterocycles. The fourth-order valence-corrected chi connectivity index (χ4v) is 2.01. The van der Waals surface area contributed by atoms with Crippen LogP contribution in [0.2, 0.25) is 0 Å². The normalized spacial score (nSPS) is 23.1. The average molecular weight is 245 g/mol. The molecule has 98 valence electrons. The average Bonchev–Trinajstić information content (AvgIpc) is 2.30. The van der Waals surface area contributed by atoms with Crippen molar-refractivity contribution < 1.29 is 24.2 Å². The summed E-state index contributed by atoms with van der Waals surface area (Å²) in [5.41, 5.74) is 0. The van der Waals surface area contributed by atoms with Gasteiger partial charge in [-0.05, 0) is 6.42 Å². The molecule has 1 saturated heterocycles. The molecule has 0 amide bonds. The first-order chi connectivity index (χ1) is 8.08. The summed E-state index contributed by atoms with van der Waals surface area (Å²) in [6.45, 7) is 3.33. The Morgan fingerprint density at radius 1 is 1.59 bits per heavy atom. The number of hydrogen-bond acceptors (Lipinski definition) is 5. The van der Waals surface area contributed by atoms with Gasteiger partial charge in [0.05, 0.1) is 26.2 Å². The summed E-state index contributed by atoms with van der Waals surface area (Å²) < 4.78 is 9.99. The lowest BCUT2D eigenvalue weighted by atomic mass is 10.1. The number of ether oxygens (including phenoxy) is 2. The highest BCUT2D eigenvalue weighted by Crippen LogP contribution is 2.14. The van der Waals surface area contributed by atoms with Gasteiger partial charge >= 0.3 is 11.9 Å². The van der Waals surface area contributed by atoms with Crippen LogP contribution in [-0.4, -0.2) is 60.9 Å². The van der Waals surface area contributed by atoms with Crippen molar-refractivity contribution >= 4 is 11.9 Å². The molecule has 0 radical (unpaired) electrons. The van der Waals surface area contributed by atoms with Gasteiger partial charge < -0.3 is 14.6 Å². The Hall–Kier alpha value is -1.14. The molecule has 1 aliphatic rings. The zero-order valence-electron chi connectivity index (χ0n) is 10.2. The zero-order valence-corrected chi connectivity index (χ0v) is 10.2. The molecule has 0 spiro atoms. The molecule has 6 nitrogen and oxygen atoms in total. The summed E-state index contributed by atoms with van der Waals surface area (Å²) in [5.74, 6) is -1.16. The maximum Gasteiger partial charge on any atom is 0.320 e. The van der Waals surface area contributed by atoms with Crippen molar-refractivity contribution in [2.24, 2.45) is 0 Å². The van der Waals surface area contributed by atoms with Gasteiger partial charge in [-0.15, -0.1) is 0 Å². The van der Waals surface area contributed by atoms with Gasteiger partial charge in [-0.3, -0.25) is 14.5 Å². The minimum atomic E-state index is -0.828. The molecule has 1 heterocycles. The molecular weight excluding hydrogens is 226 g/mol. The topological polar surface area (TPSA) is 76.1 Å². The van der Waals surface area contributed by atoms with Crippen molar-refractivity contribution in [1.29, 1.82) is 0 Å². The van der Waals surface area contributed by atoms with E-state index >= 15 is 0 Å². The quantitative estimate of drug-likeness (QED) is 0.693. The number of carbonyl (C=O) groups is 2. The molecule has 0 bridgehead atoms. The Bertz CT molecular complexity index is 281. The fourth-order valence-electron chi connectivity index (χ4n) is 2.01. The highest BCUT2D eigenvalue weighted by Gasteiger charge is 2.30. The first-order valence-electron chi connectivity index (χ1n) is 5.73. The minimum absolute atomic E-state index is 0.170. The molecular formula is C11H19NO5. The number of nitrogens with zero attached hydrogens (tertiary/aromatic N) is 1. The number of carbonyl (C=O) groups excluding carboxylic acids is 1. The van der Waals surface area contributed by atoms with Gasteiger partial charge in [-0.1, -0.05) is 6.92 Å². The van der Waals surface area contributed by atoms with Crippen molar-refractivity contribution in [3.63, 3.8) is 0 Å². The molecule has 0 aromatic heterocycles. The van der Waals surface area contributed by atoms with Gasteiger partial charge in [-0.2, -0.15) is 0 Å². The van der Waals surface area contributed by atoms with Crippen molar-refractivity contribution in [3.05, 3.63) is 0 Å². The van der Waals surface area contributed by atoms with E-state index in [1.54, 1.807) is 0 Å². The van der Waals surface area contributed by atoms with Gasteiger partial charge in [0.1, 0.15) is 6.04 Å². The molecule has 0 aromatic carbocycles. The second-order valence-electron chi connectivity index (χ2n) is 4.03. The van der Waals surface area contributed by atoms with E-state index in [9.17, 15) is 9.59 Å². The first kappa shape index (κ1) is 13.9. The molecule has 1 rings (SSSR count). The lowest BCUT2D eigenvalue weighted by Gasteiger charge is -2.35. The van der Waals surface area contributed by atoms with Crippen molar-refractivity contribution in [3.8, 4) is 0 Å². The van der Waals surface area contributed by atoms with Gasteiger partial charge in [-0.25, -0.2) is 0 Å². The Balaban J connectivity index is 2.53. The predicted molar refractivity (Wildman–Crippen MR) is 59.7 cm³/mol. The SMILES string of the molecule is CCC(C(=O)O)N1CCOC(CC(=O)OC)C1. The number of hydrogen-bond donors (Lipinski definition) is 1. The third-order valence-corrected chi connectivity index (χ3v) is 2.90. The minimum Gasteiger partial charge on any atom is -0.480 e. The fraction of sp³-hybridized carbons (Fsp3) is 0.818. The van der Waals surface area contributed by atoms with E-state index in [4.69, 9.17) is 9.84 Å². The number of esters is 1. The van der Waals surface area contributed by atoms with Gasteiger partial charge in [0.15, 0.2) is 0 Å². The number of carboxylic acids is 1. The van der Waals surface area contributed by atoms with Crippen LogP contribution in [0.3, 0.4) is 0 Å². The molecule has 6 heteroatoms. The molecule has 0 aromatic rings. The molecule has 0 aliphatic carbocycles. The predicted octanol–water partition coefficient (Wildman–Crippen LogP) is 0.114. The lowest BCUT2D eigenvalue weighted by molar-refractivity contribution is -0.150. The Kier molecular flexibility index (Phi) is 5.37. The van der Waals surface area contributed by atoms with Crippen LogP contribution >= 0.6 is 0 Å². The summed E-state index contributed by atoms with van der Waals surface area (Å²) in [5, 5.41) is 9.07. The molecule has 0 saturated carbocycles. The van der Waals surface area contributed by atoms with Gasteiger partial charge in [0.25, 0.3) is 0 Å². The summed E-state index contributed by atoms with van der Waals surface area (Å²) >= 11 is 0. The van der Waals surface area contributed by atoms with E-state index in [-0.39, 0.29) is 18.5 Å². The maximum atomic E-state index is 11.1. The summed E-state index contributed by atoms with van der Waals surface area (Å²) in [4.78, 5) is 24.0. The summed E-state index contributed by atoms with van der Waals surface area (Å²) in [6, 6.07) is -0.501. The van der Waals surface area contributed by atoms with Crippen LogP contribution in [-0.2, 0) is 19.1 Å². The van der Waals surface area contributed by atoms with Gasteiger partial charge in [0.2, 0.25) is 0 Å². The second-order valence-corrected chi connectivity index (χ2v) is 4.03. The monoisotopic (exact) mass is 245 g/mol. The molecule has 17 heavy (non-hydrogen) atoms. The Morgan fingerprint density at radius 3 is 2.82 bits per heavy atom. The Morgan fingerprint density at radius 2 is 2.29 bits per heavy atom. The van der Waals surface area contributed by atoms with E-state index in [0.29, 0.717) is 26.1 Å². The third kappa shape index (κ3) is 3.98. The third-order valence-electron chi connectivity index (χ3n) is 2.90.